The summed E-state index contributed by atoms with van der Waals surface area (Å²) >= 11 is 5.80. The van der Waals surface area contributed by atoms with Crippen molar-refractivity contribution in [2.24, 2.45) is 0 Å². The van der Waals surface area contributed by atoms with E-state index in [0.717, 1.165) is 36.4 Å². The fourth-order valence-corrected chi connectivity index (χ4v) is 3.58. The molecule has 4 nitrogen and oxygen atoms in total. The third-order valence-corrected chi connectivity index (χ3v) is 5.29. The van der Waals surface area contributed by atoms with E-state index in [1.54, 1.807) is 12.1 Å². The molecule has 1 saturated heterocycles. The summed E-state index contributed by atoms with van der Waals surface area (Å²) in [4.78, 5) is 14.5. The number of carbonyl (C=O) groups excluding carboxylic acids is 1. The number of anilines is 1. The molecule has 0 bridgehead atoms. The Morgan fingerprint density at radius 2 is 1.75 bits per heavy atom. The van der Waals surface area contributed by atoms with Crippen LogP contribution in [0.25, 0.3) is 0 Å². The van der Waals surface area contributed by atoms with Gasteiger partial charge >= 0.3 is 0 Å². The van der Waals surface area contributed by atoms with Crippen LogP contribution < -0.4 is 10.6 Å². The van der Waals surface area contributed by atoms with Crippen LogP contribution in [0.15, 0.2) is 42.5 Å². The molecule has 0 saturated carbocycles. The van der Waals surface area contributed by atoms with E-state index in [4.69, 9.17) is 11.6 Å². The average Bonchev–Trinajstić information content (AvgIpc) is 2.71. The lowest BCUT2D eigenvalue weighted by Crippen LogP contribution is -2.38. The Bertz CT molecular complexity index is 776. The first-order valence-corrected chi connectivity index (χ1v) is 10.2. The van der Waals surface area contributed by atoms with E-state index in [1.807, 2.05) is 24.3 Å². The normalized spacial score (nSPS) is 14.6. The van der Waals surface area contributed by atoms with Gasteiger partial charge in [-0.25, -0.2) is 4.39 Å². The average molecular weight is 404 g/mol. The zero-order valence-electron chi connectivity index (χ0n) is 16.0. The van der Waals surface area contributed by atoms with Crippen molar-refractivity contribution in [1.29, 1.82) is 0 Å². The van der Waals surface area contributed by atoms with Gasteiger partial charge in [-0.3, -0.25) is 4.79 Å². The van der Waals surface area contributed by atoms with Gasteiger partial charge in [-0.05, 0) is 61.3 Å². The van der Waals surface area contributed by atoms with Gasteiger partial charge in [0.25, 0.3) is 0 Å². The van der Waals surface area contributed by atoms with E-state index in [-0.39, 0.29) is 10.9 Å². The Kier molecular flexibility index (Phi) is 7.69. The zero-order valence-corrected chi connectivity index (χ0v) is 16.8. The first-order chi connectivity index (χ1) is 13.6. The number of halogens is 2. The second-order valence-corrected chi connectivity index (χ2v) is 7.64. The molecule has 3 rings (SSSR count). The molecule has 0 spiro atoms. The van der Waals surface area contributed by atoms with E-state index < -0.39 is 5.82 Å². The SMILES string of the molecule is O=C(Cc1ccc(NCc2ccc(F)c(Cl)c2)cc1)NCCN1CCCCC1. The summed E-state index contributed by atoms with van der Waals surface area (Å²) in [5.74, 6) is -0.359. The maximum atomic E-state index is 13.2. The molecule has 1 aliphatic rings. The van der Waals surface area contributed by atoms with Crippen molar-refractivity contribution >= 4 is 23.2 Å². The number of nitrogens with zero attached hydrogens (tertiary/aromatic N) is 1. The topological polar surface area (TPSA) is 44.4 Å². The van der Waals surface area contributed by atoms with Gasteiger partial charge in [0.1, 0.15) is 5.82 Å². The molecule has 28 heavy (non-hydrogen) atoms. The van der Waals surface area contributed by atoms with Gasteiger partial charge in [-0.15, -0.1) is 0 Å². The van der Waals surface area contributed by atoms with Gasteiger partial charge < -0.3 is 15.5 Å². The minimum atomic E-state index is -0.413. The maximum absolute atomic E-state index is 13.2. The number of carbonyl (C=O) groups is 1. The summed E-state index contributed by atoms with van der Waals surface area (Å²) in [7, 11) is 0. The highest BCUT2D eigenvalue weighted by Crippen LogP contribution is 2.17. The van der Waals surface area contributed by atoms with Crippen molar-refractivity contribution in [3.63, 3.8) is 0 Å². The molecule has 0 unspecified atom stereocenters. The quantitative estimate of drug-likeness (QED) is 0.693. The minimum Gasteiger partial charge on any atom is -0.381 e. The second-order valence-electron chi connectivity index (χ2n) is 7.23. The third-order valence-electron chi connectivity index (χ3n) is 5.00. The highest BCUT2D eigenvalue weighted by molar-refractivity contribution is 6.30. The number of rotatable bonds is 8. The fourth-order valence-electron chi connectivity index (χ4n) is 3.38. The molecule has 150 valence electrons. The first kappa shape index (κ1) is 20.6. The zero-order chi connectivity index (χ0) is 19.8. The van der Waals surface area contributed by atoms with Gasteiger partial charge in [0.05, 0.1) is 11.4 Å². The molecule has 0 atom stereocenters. The number of likely N-dealkylation sites (tertiary alicyclic amines) is 1. The number of nitrogens with one attached hydrogen (secondary N) is 2. The number of hydrogen-bond donors (Lipinski definition) is 2. The van der Waals surface area contributed by atoms with E-state index in [9.17, 15) is 9.18 Å². The van der Waals surface area contributed by atoms with Crippen LogP contribution in [0.5, 0.6) is 0 Å². The number of amides is 1. The molecular weight excluding hydrogens is 377 g/mol. The minimum absolute atomic E-state index is 0.0543. The van der Waals surface area contributed by atoms with Crippen molar-refractivity contribution in [1.82, 2.24) is 10.2 Å². The lowest BCUT2D eigenvalue weighted by Gasteiger charge is -2.26. The van der Waals surface area contributed by atoms with Gasteiger partial charge in [0.15, 0.2) is 0 Å². The predicted molar refractivity (Wildman–Crippen MR) is 112 cm³/mol. The Balaban J connectivity index is 1.39. The summed E-state index contributed by atoms with van der Waals surface area (Å²) < 4.78 is 13.2. The molecule has 1 fully saturated rings. The Labute approximate surface area is 171 Å². The van der Waals surface area contributed by atoms with Crippen LogP contribution in [0.2, 0.25) is 5.02 Å². The van der Waals surface area contributed by atoms with E-state index in [2.05, 4.69) is 15.5 Å². The summed E-state index contributed by atoms with van der Waals surface area (Å²) in [6.07, 6.45) is 4.24. The molecule has 0 aromatic heterocycles. The van der Waals surface area contributed by atoms with Crippen LogP contribution in [-0.2, 0) is 17.8 Å². The molecule has 2 N–H and O–H groups in total. The summed E-state index contributed by atoms with van der Waals surface area (Å²) in [6.45, 7) is 4.49. The Hall–Kier alpha value is -2.11. The Morgan fingerprint density at radius 3 is 2.46 bits per heavy atom. The van der Waals surface area contributed by atoms with Crippen molar-refractivity contribution in [3.8, 4) is 0 Å². The summed E-state index contributed by atoms with van der Waals surface area (Å²) in [6, 6.07) is 12.5. The molecule has 6 heteroatoms. The molecule has 1 heterocycles. The van der Waals surface area contributed by atoms with Gasteiger partial charge in [0.2, 0.25) is 5.91 Å². The molecule has 0 radical (unpaired) electrons. The highest BCUT2D eigenvalue weighted by Gasteiger charge is 2.10. The first-order valence-electron chi connectivity index (χ1n) is 9.86. The van der Waals surface area contributed by atoms with Crippen LogP contribution in [-0.4, -0.2) is 37.0 Å². The molecule has 2 aromatic rings. The monoisotopic (exact) mass is 403 g/mol. The van der Waals surface area contributed by atoms with Crippen molar-refractivity contribution in [3.05, 3.63) is 64.4 Å². The van der Waals surface area contributed by atoms with Crippen LogP contribution >= 0.6 is 11.6 Å². The lowest BCUT2D eigenvalue weighted by atomic mass is 10.1. The van der Waals surface area contributed by atoms with Gasteiger partial charge in [-0.2, -0.15) is 0 Å². The van der Waals surface area contributed by atoms with Crippen molar-refractivity contribution in [2.75, 3.05) is 31.5 Å². The lowest BCUT2D eigenvalue weighted by molar-refractivity contribution is -0.120. The molecule has 0 aliphatic carbocycles. The van der Waals surface area contributed by atoms with Crippen LogP contribution in [0.1, 0.15) is 30.4 Å². The fraction of sp³-hybridized carbons (Fsp3) is 0.409. The number of benzene rings is 2. The largest absolute Gasteiger partial charge is 0.381 e. The molecular formula is C22H27ClFN3O. The summed E-state index contributed by atoms with van der Waals surface area (Å²) in [5, 5.41) is 6.41. The van der Waals surface area contributed by atoms with Crippen molar-refractivity contribution < 1.29 is 9.18 Å². The van der Waals surface area contributed by atoms with E-state index >= 15 is 0 Å². The van der Waals surface area contributed by atoms with Crippen molar-refractivity contribution in [2.45, 2.75) is 32.2 Å². The Morgan fingerprint density at radius 1 is 1.04 bits per heavy atom. The van der Waals surface area contributed by atoms with Crippen LogP contribution in [0, 0.1) is 5.82 Å². The smallest absolute Gasteiger partial charge is 0.224 e. The predicted octanol–water partition coefficient (Wildman–Crippen LogP) is 4.24. The second kappa shape index (κ2) is 10.4. The van der Waals surface area contributed by atoms with E-state index in [1.165, 1.54) is 25.3 Å². The molecule has 1 aliphatic heterocycles. The van der Waals surface area contributed by atoms with Crippen LogP contribution in [0.3, 0.4) is 0 Å². The van der Waals surface area contributed by atoms with Gasteiger partial charge in [-0.1, -0.05) is 36.2 Å². The van der Waals surface area contributed by atoms with Gasteiger partial charge in [0, 0.05) is 25.3 Å². The maximum Gasteiger partial charge on any atom is 0.224 e. The number of piperidine rings is 1. The third kappa shape index (κ3) is 6.50. The molecule has 1 amide bonds. The standard InChI is InChI=1S/C22H27ClFN3O/c23-20-14-18(6-9-21(20)24)16-26-19-7-4-17(5-8-19)15-22(28)25-10-13-27-11-2-1-3-12-27/h4-9,14,26H,1-3,10-13,15-16H2,(H,25,28). The van der Waals surface area contributed by atoms with Crippen LogP contribution in [0.4, 0.5) is 10.1 Å². The number of hydrogen-bond acceptors (Lipinski definition) is 3. The van der Waals surface area contributed by atoms with E-state index in [0.29, 0.717) is 19.5 Å². The molecule has 2 aromatic carbocycles. The summed E-state index contributed by atoms with van der Waals surface area (Å²) in [5.41, 5.74) is 2.82. The highest BCUT2D eigenvalue weighted by atomic mass is 35.5.